The first kappa shape index (κ1) is 23.0. The third-order valence-corrected chi connectivity index (χ3v) is 5.12. The molecule has 1 saturated heterocycles. The van der Waals surface area contributed by atoms with Gasteiger partial charge in [0.1, 0.15) is 0 Å². The first-order valence-corrected chi connectivity index (χ1v) is 9.58. The molecule has 0 spiro atoms. The van der Waals surface area contributed by atoms with Crippen LogP contribution >= 0.6 is 0 Å². The fourth-order valence-electron chi connectivity index (χ4n) is 3.30. The number of phenols is 1. The van der Waals surface area contributed by atoms with Crippen LogP contribution in [0.2, 0.25) is 0 Å². The van der Waals surface area contributed by atoms with Crippen molar-refractivity contribution in [2.45, 2.75) is 20.4 Å². The van der Waals surface area contributed by atoms with Gasteiger partial charge in [-0.1, -0.05) is 18.2 Å². The van der Waals surface area contributed by atoms with Crippen LogP contribution in [0.3, 0.4) is 0 Å². The molecule has 3 rings (SSSR count). The van der Waals surface area contributed by atoms with Gasteiger partial charge in [0.25, 0.3) is 0 Å². The Morgan fingerprint density at radius 3 is 2.20 bits per heavy atom. The summed E-state index contributed by atoms with van der Waals surface area (Å²) in [5, 5.41) is 24.5. The first-order chi connectivity index (χ1) is 14.2. The molecular formula is C22H28N2O6. The minimum atomic E-state index is -1.82. The lowest BCUT2D eigenvalue weighted by Crippen LogP contribution is -2.46. The van der Waals surface area contributed by atoms with E-state index in [4.69, 9.17) is 24.5 Å². The van der Waals surface area contributed by atoms with Gasteiger partial charge >= 0.3 is 11.9 Å². The molecule has 0 unspecified atom stereocenters. The van der Waals surface area contributed by atoms with Gasteiger partial charge in [-0.2, -0.15) is 0 Å². The van der Waals surface area contributed by atoms with Crippen molar-refractivity contribution in [2.24, 2.45) is 0 Å². The highest BCUT2D eigenvalue weighted by atomic mass is 16.5. The Labute approximate surface area is 175 Å². The molecule has 1 fully saturated rings. The van der Waals surface area contributed by atoms with E-state index in [-0.39, 0.29) is 5.75 Å². The van der Waals surface area contributed by atoms with Crippen molar-refractivity contribution in [3.63, 3.8) is 0 Å². The van der Waals surface area contributed by atoms with Crippen molar-refractivity contribution < 1.29 is 29.6 Å². The number of piperazine rings is 1. The summed E-state index contributed by atoms with van der Waals surface area (Å²) >= 11 is 0. The molecule has 1 heterocycles. The Morgan fingerprint density at radius 2 is 1.63 bits per heavy atom. The van der Waals surface area contributed by atoms with E-state index in [1.807, 2.05) is 12.1 Å². The minimum Gasteiger partial charge on any atom is -0.504 e. The van der Waals surface area contributed by atoms with Crippen molar-refractivity contribution in [2.75, 3.05) is 38.2 Å². The molecule has 2 aromatic carbocycles. The number of rotatable bonds is 4. The number of benzene rings is 2. The molecule has 0 amide bonds. The van der Waals surface area contributed by atoms with Crippen LogP contribution < -0.4 is 9.64 Å². The monoisotopic (exact) mass is 416 g/mol. The molecule has 1 aliphatic heterocycles. The van der Waals surface area contributed by atoms with Crippen molar-refractivity contribution in [1.82, 2.24) is 4.90 Å². The van der Waals surface area contributed by atoms with Crippen LogP contribution in [0.1, 0.15) is 16.7 Å². The smallest absolute Gasteiger partial charge is 0.414 e. The molecule has 0 atom stereocenters. The van der Waals surface area contributed by atoms with Gasteiger partial charge in [-0.05, 0) is 48.7 Å². The van der Waals surface area contributed by atoms with Gasteiger partial charge in [0.2, 0.25) is 0 Å². The van der Waals surface area contributed by atoms with Crippen molar-refractivity contribution in [1.29, 1.82) is 0 Å². The standard InChI is InChI=1S/C20H26N2O2.C2H2O4/c1-15-5-4-6-18(16(15)2)22-11-9-21(10-12-22)14-17-7-8-19(23)20(13-17)24-3;3-1(4)2(5)6/h4-8,13,23H,9-12,14H2,1-3H3;(H,3,4)(H,5,6). The van der Waals surface area contributed by atoms with Gasteiger partial charge in [-0.25, -0.2) is 9.59 Å². The molecule has 162 valence electrons. The maximum Gasteiger partial charge on any atom is 0.414 e. The number of ether oxygens (including phenoxy) is 1. The number of hydrogen-bond donors (Lipinski definition) is 3. The highest BCUT2D eigenvalue weighted by Crippen LogP contribution is 2.28. The second kappa shape index (κ2) is 10.5. The van der Waals surface area contributed by atoms with Gasteiger partial charge in [0.05, 0.1) is 7.11 Å². The lowest BCUT2D eigenvalue weighted by Gasteiger charge is -2.37. The summed E-state index contributed by atoms with van der Waals surface area (Å²) in [4.78, 5) is 23.1. The number of aromatic hydroxyl groups is 1. The van der Waals surface area contributed by atoms with E-state index < -0.39 is 11.9 Å². The molecule has 8 nitrogen and oxygen atoms in total. The number of aryl methyl sites for hydroxylation is 1. The topological polar surface area (TPSA) is 111 Å². The molecular weight excluding hydrogens is 388 g/mol. The molecule has 0 bridgehead atoms. The molecule has 0 aromatic heterocycles. The first-order valence-electron chi connectivity index (χ1n) is 9.58. The highest BCUT2D eigenvalue weighted by Gasteiger charge is 2.19. The highest BCUT2D eigenvalue weighted by molar-refractivity contribution is 6.27. The number of carbonyl (C=O) groups is 2. The van der Waals surface area contributed by atoms with Gasteiger partial charge in [0.15, 0.2) is 11.5 Å². The summed E-state index contributed by atoms with van der Waals surface area (Å²) in [6.07, 6.45) is 0. The lowest BCUT2D eigenvalue weighted by atomic mass is 10.1. The number of anilines is 1. The van der Waals surface area contributed by atoms with E-state index in [0.717, 1.165) is 32.7 Å². The Balaban J connectivity index is 0.000000469. The second-order valence-electron chi connectivity index (χ2n) is 7.10. The quantitative estimate of drug-likeness (QED) is 0.652. The number of hydrogen-bond acceptors (Lipinski definition) is 6. The molecule has 3 N–H and O–H groups in total. The summed E-state index contributed by atoms with van der Waals surface area (Å²) in [5.41, 5.74) is 5.27. The minimum absolute atomic E-state index is 0.195. The zero-order valence-corrected chi connectivity index (χ0v) is 17.5. The van der Waals surface area contributed by atoms with Gasteiger partial charge in [0, 0.05) is 38.4 Å². The van der Waals surface area contributed by atoms with Gasteiger partial charge in [-0.15, -0.1) is 0 Å². The Morgan fingerprint density at radius 1 is 1.00 bits per heavy atom. The maximum absolute atomic E-state index is 9.70. The van der Waals surface area contributed by atoms with Crippen LogP contribution in [0, 0.1) is 13.8 Å². The van der Waals surface area contributed by atoms with Crippen LogP contribution in [-0.2, 0) is 16.1 Å². The lowest BCUT2D eigenvalue weighted by molar-refractivity contribution is -0.159. The van der Waals surface area contributed by atoms with Crippen LogP contribution in [0.4, 0.5) is 5.69 Å². The molecule has 0 aliphatic carbocycles. The number of aliphatic carboxylic acids is 2. The Bertz CT molecular complexity index is 879. The summed E-state index contributed by atoms with van der Waals surface area (Å²) in [6, 6.07) is 12.1. The Hall–Kier alpha value is -3.26. The molecule has 0 saturated carbocycles. The molecule has 30 heavy (non-hydrogen) atoms. The van der Waals surface area contributed by atoms with Crippen LogP contribution in [-0.4, -0.2) is 65.4 Å². The van der Waals surface area contributed by atoms with E-state index in [2.05, 4.69) is 41.8 Å². The number of carboxylic acids is 2. The number of phenolic OH excluding ortho intramolecular Hbond substituents is 1. The summed E-state index contributed by atoms with van der Waals surface area (Å²) < 4.78 is 5.20. The Kier molecular flexibility index (Phi) is 8.06. The third-order valence-electron chi connectivity index (χ3n) is 5.12. The SMILES string of the molecule is COc1cc(CN2CCN(c3cccc(C)c3C)CC2)ccc1O.O=C(O)C(=O)O. The van der Waals surface area contributed by atoms with Crippen LogP contribution in [0.5, 0.6) is 11.5 Å². The molecule has 8 heteroatoms. The van der Waals surface area contributed by atoms with E-state index in [9.17, 15) is 5.11 Å². The van der Waals surface area contributed by atoms with E-state index in [1.54, 1.807) is 13.2 Å². The van der Waals surface area contributed by atoms with Crippen molar-refractivity contribution in [3.05, 3.63) is 53.1 Å². The van der Waals surface area contributed by atoms with Crippen molar-refractivity contribution >= 4 is 17.6 Å². The molecule has 1 aliphatic rings. The number of nitrogens with zero attached hydrogens (tertiary/aromatic N) is 2. The van der Waals surface area contributed by atoms with Crippen molar-refractivity contribution in [3.8, 4) is 11.5 Å². The molecule has 0 radical (unpaired) electrons. The normalized spacial score (nSPS) is 13.9. The summed E-state index contributed by atoms with van der Waals surface area (Å²) in [6.45, 7) is 9.43. The van der Waals surface area contributed by atoms with Gasteiger partial charge in [-0.3, -0.25) is 4.90 Å². The third kappa shape index (κ3) is 6.12. The van der Waals surface area contributed by atoms with Crippen LogP contribution in [0.15, 0.2) is 36.4 Å². The predicted molar refractivity (Wildman–Crippen MR) is 113 cm³/mol. The average Bonchev–Trinajstić information content (AvgIpc) is 2.72. The van der Waals surface area contributed by atoms with E-state index >= 15 is 0 Å². The van der Waals surface area contributed by atoms with Crippen LogP contribution in [0.25, 0.3) is 0 Å². The fourth-order valence-corrected chi connectivity index (χ4v) is 3.30. The maximum atomic E-state index is 9.70. The predicted octanol–water partition coefficient (Wildman–Crippen LogP) is 2.50. The fraction of sp³-hybridized carbons (Fsp3) is 0.364. The largest absolute Gasteiger partial charge is 0.504 e. The zero-order valence-electron chi connectivity index (χ0n) is 17.5. The summed E-state index contributed by atoms with van der Waals surface area (Å²) in [5.74, 6) is -2.91. The zero-order chi connectivity index (χ0) is 22.3. The van der Waals surface area contributed by atoms with E-state index in [1.165, 1.54) is 22.4 Å². The summed E-state index contributed by atoms with van der Waals surface area (Å²) in [7, 11) is 1.59. The van der Waals surface area contributed by atoms with E-state index in [0.29, 0.717) is 5.75 Å². The number of carboxylic acid groups (broad SMARTS) is 2. The van der Waals surface area contributed by atoms with Gasteiger partial charge < -0.3 is 25.0 Å². The molecule has 2 aromatic rings. The number of methoxy groups -OCH3 is 1. The second-order valence-corrected chi connectivity index (χ2v) is 7.10. The average molecular weight is 416 g/mol.